The first-order valence-corrected chi connectivity index (χ1v) is 5.51. The van der Waals surface area contributed by atoms with Crippen LogP contribution in [0.3, 0.4) is 0 Å². The number of carbonyl (C=O) groups excluding carboxylic acids is 2. The van der Waals surface area contributed by atoms with E-state index in [0.29, 0.717) is 6.42 Å². The van der Waals surface area contributed by atoms with Crippen LogP contribution in [0.25, 0.3) is 0 Å². The van der Waals surface area contributed by atoms with Gasteiger partial charge in [0.25, 0.3) is 0 Å². The van der Waals surface area contributed by atoms with Gasteiger partial charge in [-0.15, -0.1) is 11.8 Å². The molecule has 2 aliphatic rings. The van der Waals surface area contributed by atoms with E-state index in [-0.39, 0.29) is 40.8 Å². The van der Waals surface area contributed by atoms with Gasteiger partial charge in [-0.2, -0.15) is 0 Å². The molecule has 2 fully saturated rings. The Morgan fingerprint density at radius 1 is 1.62 bits per heavy atom. The maximum Gasteiger partial charge on any atom is 1.00 e. The monoisotopic (exact) mass is 253 g/mol. The van der Waals surface area contributed by atoms with Crippen LogP contribution in [0.15, 0.2) is 0 Å². The standard InChI is InChI=1S/C9H13NO4S.Na/c1-8(2)9(14-3,7(12)13)10-5(11)4-6(10)15-8;/h6H,4H2,1-3H3,(H,12,13);/q;+1/p-1/t6-,9-;/m1./s1. The number of nitrogens with zero attached hydrogens (tertiary/aromatic N) is 1. The van der Waals surface area contributed by atoms with Gasteiger partial charge in [0.1, 0.15) is 0 Å². The molecule has 0 aromatic carbocycles. The van der Waals surface area contributed by atoms with Crippen LogP contribution in [0.1, 0.15) is 20.3 Å². The predicted molar refractivity (Wildman–Crippen MR) is 51.7 cm³/mol. The van der Waals surface area contributed by atoms with Gasteiger partial charge in [-0.3, -0.25) is 9.69 Å². The number of β-lactam (4-membered cyclic amide) rings is 1. The van der Waals surface area contributed by atoms with Crippen molar-refractivity contribution in [3.8, 4) is 0 Å². The maximum atomic E-state index is 11.4. The van der Waals surface area contributed by atoms with Crippen molar-refractivity contribution in [2.45, 2.75) is 36.1 Å². The van der Waals surface area contributed by atoms with E-state index >= 15 is 0 Å². The second-order valence-corrected chi connectivity index (χ2v) is 5.99. The van der Waals surface area contributed by atoms with Crippen LogP contribution in [0, 0.1) is 0 Å². The first kappa shape index (κ1) is 14.3. The number of rotatable bonds is 2. The van der Waals surface area contributed by atoms with Gasteiger partial charge >= 0.3 is 29.6 Å². The Labute approximate surface area is 120 Å². The van der Waals surface area contributed by atoms with Crippen LogP contribution < -0.4 is 34.7 Å². The number of fused-ring (bicyclic) bond motifs is 1. The van der Waals surface area contributed by atoms with E-state index in [1.807, 2.05) is 0 Å². The van der Waals surface area contributed by atoms with Crippen molar-refractivity contribution in [2.24, 2.45) is 0 Å². The van der Waals surface area contributed by atoms with Crippen molar-refractivity contribution in [3.63, 3.8) is 0 Å². The third kappa shape index (κ3) is 1.47. The Morgan fingerprint density at radius 3 is 2.50 bits per heavy atom. The molecule has 2 saturated heterocycles. The molecule has 84 valence electrons. The molecule has 7 heteroatoms. The molecule has 0 spiro atoms. The zero-order valence-corrected chi connectivity index (χ0v) is 12.6. The summed E-state index contributed by atoms with van der Waals surface area (Å²) in [6.45, 7) is 3.51. The molecule has 0 radical (unpaired) electrons. The van der Waals surface area contributed by atoms with Gasteiger partial charge in [0.05, 0.1) is 22.5 Å². The molecule has 0 bridgehead atoms. The summed E-state index contributed by atoms with van der Waals surface area (Å²) >= 11 is 1.44. The number of hydrogen-bond acceptors (Lipinski definition) is 5. The van der Waals surface area contributed by atoms with E-state index in [0.717, 1.165) is 0 Å². The molecular formula is C9H12NNaO4S. The van der Waals surface area contributed by atoms with Crippen molar-refractivity contribution in [3.05, 3.63) is 0 Å². The first-order chi connectivity index (χ1) is 6.87. The van der Waals surface area contributed by atoms with Crippen LogP contribution in [0.5, 0.6) is 0 Å². The molecule has 5 nitrogen and oxygen atoms in total. The number of thioether (sulfide) groups is 1. The van der Waals surface area contributed by atoms with Crippen LogP contribution >= 0.6 is 11.8 Å². The zero-order chi connectivity index (χ0) is 11.4. The Kier molecular flexibility index (Phi) is 3.73. The van der Waals surface area contributed by atoms with Gasteiger partial charge in [-0.05, 0) is 13.8 Å². The number of ether oxygens (including phenoxy) is 1. The van der Waals surface area contributed by atoms with Crippen LogP contribution in [0.2, 0.25) is 0 Å². The fraction of sp³-hybridized carbons (Fsp3) is 0.778. The second-order valence-electron chi connectivity index (χ2n) is 4.19. The molecule has 2 heterocycles. The summed E-state index contributed by atoms with van der Waals surface area (Å²) in [5.74, 6) is -1.54. The van der Waals surface area contributed by atoms with Crippen molar-refractivity contribution in [1.82, 2.24) is 4.90 Å². The molecule has 2 atom stereocenters. The molecule has 0 aromatic heterocycles. The molecule has 0 aliphatic carbocycles. The number of methoxy groups -OCH3 is 1. The predicted octanol–water partition coefficient (Wildman–Crippen LogP) is -3.83. The van der Waals surface area contributed by atoms with Crippen molar-refractivity contribution in [1.29, 1.82) is 0 Å². The van der Waals surface area contributed by atoms with Crippen molar-refractivity contribution in [2.75, 3.05) is 7.11 Å². The molecular weight excluding hydrogens is 241 g/mol. The minimum atomic E-state index is -1.63. The number of carbonyl (C=O) groups is 2. The molecule has 0 aromatic rings. The Bertz CT molecular complexity index is 348. The SMILES string of the molecule is CO[C@@]1(C(=O)[O-])N2C(=O)C[C@H]2SC1(C)C.[Na+]. The summed E-state index contributed by atoms with van der Waals surface area (Å²) in [5, 5.41) is 11.2. The molecule has 0 unspecified atom stereocenters. The fourth-order valence-corrected chi connectivity index (χ4v) is 4.04. The van der Waals surface area contributed by atoms with Gasteiger partial charge < -0.3 is 14.6 Å². The van der Waals surface area contributed by atoms with Crippen LogP contribution in [-0.4, -0.2) is 39.7 Å². The van der Waals surface area contributed by atoms with Crippen LogP contribution in [0.4, 0.5) is 0 Å². The van der Waals surface area contributed by atoms with Gasteiger partial charge in [0.2, 0.25) is 5.91 Å². The number of aliphatic carboxylic acids is 1. The Morgan fingerprint density at radius 2 is 2.19 bits per heavy atom. The summed E-state index contributed by atoms with van der Waals surface area (Å²) in [7, 11) is 1.30. The smallest absolute Gasteiger partial charge is 0.545 e. The maximum absolute atomic E-state index is 11.4. The summed E-state index contributed by atoms with van der Waals surface area (Å²) in [4.78, 5) is 24.0. The third-order valence-electron chi connectivity index (χ3n) is 3.06. The zero-order valence-electron chi connectivity index (χ0n) is 9.77. The number of carboxylic acid groups (broad SMARTS) is 1. The molecule has 2 rings (SSSR count). The number of carboxylic acids is 1. The summed E-state index contributed by atoms with van der Waals surface area (Å²) in [5.41, 5.74) is -1.63. The van der Waals surface area contributed by atoms with E-state index < -0.39 is 16.4 Å². The van der Waals surface area contributed by atoms with Crippen molar-refractivity contribution >= 4 is 23.6 Å². The fourth-order valence-electron chi connectivity index (χ4n) is 2.34. The van der Waals surface area contributed by atoms with E-state index in [4.69, 9.17) is 4.74 Å². The quantitative estimate of drug-likeness (QED) is 0.372. The summed E-state index contributed by atoms with van der Waals surface area (Å²) in [6.07, 6.45) is 0.381. The number of hydrogen-bond donors (Lipinski definition) is 0. The Hall–Kier alpha value is 0.250. The average molecular weight is 253 g/mol. The molecule has 1 amide bonds. The van der Waals surface area contributed by atoms with Gasteiger partial charge in [0.15, 0.2) is 5.72 Å². The van der Waals surface area contributed by atoms with Crippen LogP contribution in [-0.2, 0) is 14.3 Å². The molecule has 0 saturated carbocycles. The molecule has 16 heavy (non-hydrogen) atoms. The van der Waals surface area contributed by atoms with E-state index in [9.17, 15) is 14.7 Å². The minimum Gasteiger partial charge on any atom is -0.545 e. The first-order valence-electron chi connectivity index (χ1n) is 4.63. The van der Waals surface area contributed by atoms with Gasteiger partial charge in [-0.1, -0.05) is 0 Å². The topological polar surface area (TPSA) is 69.7 Å². The van der Waals surface area contributed by atoms with E-state index in [1.54, 1.807) is 13.8 Å². The summed E-state index contributed by atoms with van der Waals surface area (Å²) < 4.78 is 4.41. The normalized spacial score (nSPS) is 35.1. The average Bonchev–Trinajstić information content (AvgIpc) is 2.29. The van der Waals surface area contributed by atoms with E-state index in [2.05, 4.69) is 0 Å². The minimum absolute atomic E-state index is 0. The third-order valence-corrected chi connectivity index (χ3v) is 4.58. The van der Waals surface area contributed by atoms with E-state index in [1.165, 1.54) is 23.8 Å². The molecule has 2 aliphatic heterocycles. The number of amides is 1. The van der Waals surface area contributed by atoms with Gasteiger partial charge in [-0.25, -0.2) is 0 Å². The van der Waals surface area contributed by atoms with Gasteiger partial charge in [0, 0.05) is 7.11 Å². The Balaban J connectivity index is 0.00000128. The molecule has 0 N–H and O–H groups in total. The largest absolute Gasteiger partial charge is 1.00 e. The van der Waals surface area contributed by atoms with Crippen molar-refractivity contribution < 1.29 is 49.0 Å². The summed E-state index contributed by atoms with van der Waals surface area (Å²) in [6, 6.07) is 0. The second kappa shape index (κ2) is 4.17.